The molecule has 2 atom stereocenters. The number of hydrogen-bond acceptors (Lipinski definition) is 8. The lowest BCUT2D eigenvalue weighted by Gasteiger charge is -2.31. The Bertz CT molecular complexity index is 1100. The third kappa shape index (κ3) is 3.68. The van der Waals surface area contributed by atoms with Crippen LogP contribution in [0.1, 0.15) is 30.9 Å². The third-order valence-corrected chi connectivity index (χ3v) is 5.90. The SMILES string of the molecule is COc1cc2ncc(-c3nc(N[C@H]4CNCC[C@@H]4F)ncc3F)n2nc1[C@H]1C[C@H](O)C1. The van der Waals surface area contributed by atoms with E-state index in [1.807, 2.05) is 0 Å². The molecular formula is C20H23F2N7O2. The number of anilines is 1. The highest BCUT2D eigenvalue weighted by Gasteiger charge is 2.33. The molecule has 5 rings (SSSR count). The number of hydrogen-bond donors (Lipinski definition) is 3. The summed E-state index contributed by atoms with van der Waals surface area (Å²) in [4.78, 5) is 12.6. The Kier molecular flexibility index (Phi) is 5.14. The number of methoxy groups -OCH3 is 1. The van der Waals surface area contributed by atoms with E-state index in [0.717, 1.165) is 6.20 Å². The van der Waals surface area contributed by atoms with Crippen molar-refractivity contribution >= 4 is 11.6 Å². The predicted octanol–water partition coefficient (Wildman–Crippen LogP) is 1.68. The zero-order valence-electron chi connectivity index (χ0n) is 16.9. The fourth-order valence-electron chi connectivity index (χ4n) is 4.08. The van der Waals surface area contributed by atoms with Crippen molar-refractivity contribution < 1.29 is 18.6 Å². The summed E-state index contributed by atoms with van der Waals surface area (Å²) in [5, 5.41) is 20.4. The van der Waals surface area contributed by atoms with Gasteiger partial charge in [-0.3, -0.25) is 0 Å². The van der Waals surface area contributed by atoms with Crippen molar-refractivity contribution in [1.29, 1.82) is 0 Å². The summed E-state index contributed by atoms with van der Waals surface area (Å²) in [7, 11) is 1.55. The first-order chi connectivity index (χ1) is 15.0. The molecule has 1 aliphatic carbocycles. The van der Waals surface area contributed by atoms with Crippen LogP contribution in [0, 0.1) is 5.82 Å². The molecule has 0 aromatic carbocycles. The number of alkyl halides is 1. The van der Waals surface area contributed by atoms with Gasteiger partial charge < -0.3 is 20.5 Å². The second-order valence-electron chi connectivity index (χ2n) is 7.98. The van der Waals surface area contributed by atoms with Gasteiger partial charge in [0.15, 0.2) is 11.5 Å². The fraction of sp³-hybridized carbons (Fsp3) is 0.500. The van der Waals surface area contributed by atoms with Gasteiger partial charge in [-0.05, 0) is 25.8 Å². The Labute approximate surface area is 176 Å². The first-order valence-corrected chi connectivity index (χ1v) is 10.3. The van der Waals surface area contributed by atoms with Crippen molar-refractivity contribution in [3.8, 4) is 17.1 Å². The Morgan fingerprint density at radius 2 is 2.13 bits per heavy atom. The topological polar surface area (TPSA) is 109 Å². The minimum atomic E-state index is -1.04. The molecule has 0 unspecified atom stereocenters. The van der Waals surface area contributed by atoms with Crippen LogP contribution in [0.3, 0.4) is 0 Å². The molecule has 2 aliphatic rings. The van der Waals surface area contributed by atoms with Gasteiger partial charge in [0.2, 0.25) is 5.95 Å². The van der Waals surface area contributed by atoms with Gasteiger partial charge in [0.05, 0.1) is 31.6 Å². The van der Waals surface area contributed by atoms with Crippen LogP contribution >= 0.6 is 0 Å². The molecule has 1 saturated carbocycles. The van der Waals surface area contributed by atoms with Gasteiger partial charge in [0, 0.05) is 18.5 Å². The number of aliphatic hydroxyl groups excluding tert-OH is 1. The second-order valence-corrected chi connectivity index (χ2v) is 7.98. The van der Waals surface area contributed by atoms with Crippen molar-refractivity contribution in [1.82, 2.24) is 29.9 Å². The highest BCUT2D eigenvalue weighted by Crippen LogP contribution is 2.40. The van der Waals surface area contributed by atoms with Crippen molar-refractivity contribution in [3.05, 3.63) is 30.0 Å². The lowest BCUT2D eigenvalue weighted by Crippen LogP contribution is -2.46. The summed E-state index contributed by atoms with van der Waals surface area (Å²) in [6, 6.07) is 1.24. The summed E-state index contributed by atoms with van der Waals surface area (Å²) < 4.78 is 35.8. The number of ether oxygens (including phenoxy) is 1. The fourth-order valence-corrected chi connectivity index (χ4v) is 4.08. The zero-order chi connectivity index (χ0) is 21.5. The Hall–Kier alpha value is -2.92. The maximum absolute atomic E-state index is 14.7. The molecule has 0 bridgehead atoms. The van der Waals surface area contributed by atoms with Crippen molar-refractivity contribution in [2.24, 2.45) is 0 Å². The Balaban J connectivity index is 1.52. The van der Waals surface area contributed by atoms with Crippen LogP contribution in [-0.2, 0) is 0 Å². The molecule has 3 aromatic rings. The van der Waals surface area contributed by atoms with E-state index < -0.39 is 18.0 Å². The van der Waals surface area contributed by atoms with Crippen LogP contribution < -0.4 is 15.4 Å². The third-order valence-electron chi connectivity index (χ3n) is 5.90. The number of fused-ring (bicyclic) bond motifs is 1. The summed E-state index contributed by atoms with van der Waals surface area (Å²) in [6.45, 7) is 1.05. The number of piperidine rings is 1. The number of aliphatic hydroxyl groups is 1. The highest BCUT2D eigenvalue weighted by atomic mass is 19.1. The molecule has 1 saturated heterocycles. The number of nitrogens with one attached hydrogen (secondary N) is 2. The van der Waals surface area contributed by atoms with Gasteiger partial charge in [-0.2, -0.15) is 5.10 Å². The lowest BCUT2D eigenvalue weighted by atomic mass is 9.80. The van der Waals surface area contributed by atoms with E-state index in [4.69, 9.17) is 4.74 Å². The first kappa shape index (κ1) is 20.0. The molecule has 31 heavy (non-hydrogen) atoms. The molecule has 0 amide bonds. The number of imidazole rings is 1. The molecule has 1 aliphatic heterocycles. The predicted molar refractivity (Wildman–Crippen MR) is 108 cm³/mol. The van der Waals surface area contributed by atoms with Crippen LogP contribution in [-0.4, -0.2) is 68.2 Å². The van der Waals surface area contributed by atoms with Gasteiger partial charge in [-0.15, -0.1) is 0 Å². The van der Waals surface area contributed by atoms with Crippen LogP contribution in [0.4, 0.5) is 14.7 Å². The average molecular weight is 431 g/mol. The van der Waals surface area contributed by atoms with E-state index in [2.05, 4.69) is 30.7 Å². The molecule has 9 nitrogen and oxygen atoms in total. The number of aromatic nitrogens is 5. The minimum absolute atomic E-state index is 0.0152. The average Bonchev–Trinajstić information content (AvgIpc) is 3.16. The first-order valence-electron chi connectivity index (χ1n) is 10.3. The quantitative estimate of drug-likeness (QED) is 0.560. The van der Waals surface area contributed by atoms with Gasteiger partial charge in [-0.25, -0.2) is 28.2 Å². The zero-order valence-corrected chi connectivity index (χ0v) is 16.9. The standard InChI is InChI=1S/C20H23F2N7O2/c1-31-16-6-17-24-9-15(29(17)28-18(16)10-4-11(30)5-10)19-13(22)7-25-20(27-19)26-14-8-23-3-2-12(14)21/h6-7,9-12,14,23,30H,2-5,8H2,1H3,(H,25,26,27)/t10-,11-,12-,14-/m0/s1. The lowest BCUT2D eigenvalue weighted by molar-refractivity contribution is 0.0718. The normalized spacial score (nSPS) is 25.9. The van der Waals surface area contributed by atoms with Gasteiger partial charge in [0.1, 0.15) is 29.0 Å². The molecule has 2 fully saturated rings. The van der Waals surface area contributed by atoms with E-state index in [1.54, 1.807) is 13.2 Å². The second kappa shape index (κ2) is 7.97. The van der Waals surface area contributed by atoms with Gasteiger partial charge in [0.25, 0.3) is 0 Å². The van der Waals surface area contributed by atoms with Gasteiger partial charge >= 0.3 is 0 Å². The van der Waals surface area contributed by atoms with Crippen LogP contribution in [0.5, 0.6) is 5.75 Å². The number of nitrogens with zero attached hydrogens (tertiary/aromatic N) is 5. The van der Waals surface area contributed by atoms with Crippen molar-refractivity contribution in [3.63, 3.8) is 0 Å². The monoisotopic (exact) mass is 431 g/mol. The Morgan fingerprint density at radius 1 is 1.29 bits per heavy atom. The summed E-state index contributed by atoms with van der Waals surface area (Å²) in [5.74, 6) is 0.130. The molecule has 3 aromatic heterocycles. The highest BCUT2D eigenvalue weighted by molar-refractivity contribution is 5.62. The van der Waals surface area contributed by atoms with Crippen molar-refractivity contribution in [2.45, 2.75) is 43.5 Å². The maximum atomic E-state index is 14.7. The van der Waals surface area contributed by atoms with Crippen LogP contribution in [0.25, 0.3) is 17.0 Å². The van der Waals surface area contributed by atoms with E-state index in [0.29, 0.717) is 55.1 Å². The van der Waals surface area contributed by atoms with Crippen molar-refractivity contribution in [2.75, 3.05) is 25.5 Å². The molecule has 3 N–H and O–H groups in total. The molecule has 164 valence electrons. The smallest absolute Gasteiger partial charge is 0.223 e. The van der Waals surface area contributed by atoms with E-state index in [-0.39, 0.29) is 23.7 Å². The number of rotatable bonds is 5. The summed E-state index contributed by atoms with van der Waals surface area (Å²) in [6.07, 6.45) is 2.73. The molecule has 11 heteroatoms. The summed E-state index contributed by atoms with van der Waals surface area (Å²) in [5.41, 5.74) is 1.52. The summed E-state index contributed by atoms with van der Waals surface area (Å²) >= 11 is 0. The van der Waals surface area contributed by atoms with Crippen LogP contribution in [0.15, 0.2) is 18.5 Å². The molecule has 4 heterocycles. The largest absolute Gasteiger partial charge is 0.495 e. The molecule has 0 radical (unpaired) electrons. The Morgan fingerprint density at radius 3 is 2.87 bits per heavy atom. The van der Waals surface area contributed by atoms with Gasteiger partial charge in [-0.1, -0.05) is 0 Å². The minimum Gasteiger partial charge on any atom is -0.495 e. The molecular weight excluding hydrogens is 408 g/mol. The van der Waals surface area contributed by atoms with Crippen LogP contribution in [0.2, 0.25) is 0 Å². The van der Waals surface area contributed by atoms with E-state index >= 15 is 0 Å². The molecule has 0 spiro atoms. The number of halogens is 2. The maximum Gasteiger partial charge on any atom is 0.223 e. The van der Waals surface area contributed by atoms with E-state index in [9.17, 15) is 13.9 Å². The van der Waals surface area contributed by atoms with E-state index in [1.165, 1.54) is 10.7 Å².